The van der Waals surface area contributed by atoms with Gasteiger partial charge in [0, 0.05) is 20.1 Å². The molecule has 0 aromatic heterocycles. The van der Waals surface area contributed by atoms with Gasteiger partial charge in [0.15, 0.2) is 0 Å². The van der Waals surface area contributed by atoms with E-state index in [0.29, 0.717) is 12.3 Å². The molecule has 1 aromatic rings. The Kier molecular flexibility index (Phi) is 10.7. The Morgan fingerprint density at radius 2 is 1.91 bits per heavy atom. The van der Waals surface area contributed by atoms with Crippen LogP contribution >= 0.6 is 0 Å². The van der Waals surface area contributed by atoms with Gasteiger partial charge in [-0.25, -0.2) is 0 Å². The molecule has 1 saturated heterocycles. The van der Waals surface area contributed by atoms with Crippen molar-refractivity contribution in [2.24, 2.45) is 11.8 Å². The minimum absolute atomic E-state index is 0.0915. The van der Waals surface area contributed by atoms with Crippen LogP contribution in [0.3, 0.4) is 0 Å². The Morgan fingerprint density at radius 1 is 1.22 bits per heavy atom. The molecule has 2 amide bonds. The van der Waals surface area contributed by atoms with Gasteiger partial charge in [-0.1, -0.05) is 63.9 Å². The number of carbonyl (C=O) groups excluding carboxylic acids is 2. The predicted molar refractivity (Wildman–Crippen MR) is 127 cm³/mol. The average molecular weight is 447 g/mol. The van der Waals surface area contributed by atoms with Crippen LogP contribution in [-0.4, -0.2) is 53.7 Å². The predicted octanol–water partition coefficient (Wildman–Crippen LogP) is 4.08. The zero-order chi connectivity index (χ0) is 23.7. The van der Waals surface area contributed by atoms with Crippen molar-refractivity contribution < 1.29 is 19.4 Å². The summed E-state index contributed by atoms with van der Waals surface area (Å²) >= 11 is 0. The van der Waals surface area contributed by atoms with E-state index in [1.807, 2.05) is 42.2 Å². The summed E-state index contributed by atoms with van der Waals surface area (Å²) in [7, 11) is 1.61. The number of amides is 2. The van der Waals surface area contributed by atoms with Crippen LogP contribution in [0.25, 0.3) is 0 Å². The van der Waals surface area contributed by atoms with Crippen LogP contribution in [0, 0.1) is 11.8 Å². The maximum absolute atomic E-state index is 13.0. The van der Waals surface area contributed by atoms with Gasteiger partial charge < -0.3 is 20.1 Å². The second-order valence-electron chi connectivity index (χ2n) is 9.34. The van der Waals surface area contributed by atoms with Gasteiger partial charge in [-0.3, -0.25) is 9.59 Å². The highest BCUT2D eigenvalue weighted by atomic mass is 16.5. The molecule has 1 aliphatic heterocycles. The van der Waals surface area contributed by atoms with E-state index in [0.717, 1.165) is 44.2 Å². The molecule has 1 aromatic carbocycles. The monoisotopic (exact) mass is 446 g/mol. The standard InChI is InChI=1S/C26H42N2O4/c1-6-18(2)12-10-16-23(29)28-17-11-15-22(28)25(32-5)19(3)26(31)27-20(4)24(30)21-13-8-7-9-14-21/h7-9,13-14,18-20,22,24-25,30H,6,10-12,15-17H2,1-5H3,(H,27,31)/t18-,19+,20+,22-,24+,25+/m0/s1. The van der Waals surface area contributed by atoms with Crippen molar-refractivity contribution in [1.82, 2.24) is 10.2 Å². The van der Waals surface area contributed by atoms with Gasteiger partial charge >= 0.3 is 0 Å². The van der Waals surface area contributed by atoms with Crippen LogP contribution in [0.4, 0.5) is 0 Å². The first kappa shape index (κ1) is 26.3. The Morgan fingerprint density at radius 3 is 2.53 bits per heavy atom. The molecule has 32 heavy (non-hydrogen) atoms. The molecule has 6 nitrogen and oxygen atoms in total. The molecule has 2 N–H and O–H groups in total. The summed E-state index contributed by atoms with van der Waals surface area (Å²) in [5.41, 5.74) is 0.765. The molecule has 0 unspecified atom stereocenters. The first-order valence-corrected chi connectivity index (χ1v) is 12.2. The molecule has 1 aliphatic rings. The molecule has 0 saturated carbocycles. The van der Waals surface area contributed by atoms with E-state index in [2.05, 4.69) is 19.2 Å². The Labute approximate surface area is 193 Å². The SMILES string of the molecule is CC[C@H](C)CCCC(=O)N1CCC[C@H]1[C@H](OC)[C@@H](C)C(=O)N[C@H](C)[C@@H](O)c1ccccc1. The highest BCUT2D eigenvalue weighted by molar-refractivity contribution is 5.80. The molecule has 1 heterocycles. The van der Waals surface area contributed by atoms with Gasteiger partial charge in [-0.05, 0) is 37.7 Å². The summed E-state index contributed by atoms with van der Waals surface area (Å²) in [4.78, 5) is 27.8. The van der Waals surface area contributed by atoms with Gasteiger partial charge in [-0.15, -0.1) is 0 Å². The first-order chi connectivity index (χ1) is 15.3. The van der Waals surface area contributed by atoms with Crippen LogP contribution in [-0.2, 0) is 14.3 Å². The Bertz CT molecular complexity index is 711. The number of nitrogens with zero attached hydrogens (tertiary/aromatic N) is 1. The molecular formula is C26H42N2O4. The normalized spacial score (nSPS) is 20.9. The van der Waals surface area contributed by atoms with E-state index in [1.54, 1.807) is 14.0 Å². The summed E-state index contributed by atoms with van der Waals surface area (Å²) in [5, 5.41) is 13.5. The minimum atomic E-state index is -0.789. The lowest BCUT2D eigenvalue weighted by Gasteiger charge is -2.34. The minimum Gasteiger partial charge on any atom is -0.386 e. The van der Waals surface area contributed by atoms with Crippen molar-refractivity contribution in [3.8, 4) is 0 Å². The molecule has 6 heteroatoms. The number of likely N-dealkylation sites (tertiary alicyclic amines) is 1. The van der Waals surface area contributed by atoms with E-state index >= 15 is 0 Å². The van der Waals surface area contributed by atoms with Crippen molar-refractivity contribution in [3.63, 3.8) is 0 Å². The second-order valence-corrected chi connectivity index (χ2v) is 9.34. The zero-order valence-electron chi connectivity index (χ0n) is 20.4. The second kappa shape index (κ2) is 12.9. The molecule has 6 atom stereocenters. The topological polar surface area (TPSA) is 78.9 Å². The van der Waals surface area contributed by atoms with Crippen molar-refractivity contribution in [1.29, 1.82) is 0 Å². The van der Waals surface area contributed by atoms with Crippen LogP contribution in [0.15, 0.2) is 30.3 Å². The van der Waals surface area contributed by atoms with E-state index < -0.39 is 18.1 Å². The summed E-state index contributed by atoms with van der Waals surface area (Å²) in [6.45, 7) is 8.77. The van der Waals surface area contributed by atoms with Crippen LogP contribution < -0.4 is 5.32 Å². The Hall–Kier alpha value is -1.92. The molecular weight excluding hydrogens is 404 g/mol. The largest absolute Gasteiger partial charge is 0.386 e. The van der Waals surface area contributed by atoms with Crippen LogP contribution in [0.1, 0.15) is 77.9 Å². The number of rotatable bonds is 12. The lowest BCUT2D eigenvalue weighted by molar-refractivity contribution is -0.140. The number of benzene rings is 1. The van der Waals surface area contributed by atoms with Crippen LogP contribution in [0.2, 0.25) is 0 Å². The summed E-state index contributed by atoms with van der Waals surface area (Å²) in [5.74, 6) is 0.193. The van der Waals surface area contributed by atoms with Gasteiger partial charge in [-0.2, -0.15) is 0 Å². The van der Waals surface area contributed by atoms with Crippen molar-refractivity contribution >= 4 is 11.8 Å². The number of ether oxygens (including phenoxy) is 1. The third-order valence-corrected chi connectivity index (χ3v) is 6.95. The van der Waals surface area contributed by atoms with Crippen molar-refractivity contribution in [3.05, 3.63) is 35.9 Å². The third kappa shape index (κ3) is 7.04. The summed E-state index contributed by atoms with van der Waals surface area (Å²) < 4.78 is 5.77. The lowest BCUT2D eigenvalue weighted by atomic mass is 9.93. The van der Waals surface area contributed by atoms with E-state index in [-0.39, 0.29) is 24.0 Å². The number of carbonyl (C=O) groups is 2. The fourth-order valence-corrected chi connectivity index (χ4v) is 4.61. The highest BCUT2D eigenvalue weighted by Gasteiger charge is 2.39. The highest BCUT2D eigenvalue weighted by Crippen LogP contribution is 2.28. The van der Waals surface area contributed by atoms with E-state index in [1.165, 1.54) is 0 Å². The summed E-state index contributed by atoms with van der Waals surface area (Å²) in [6, 6.07) is 8.79. The summed E-state index contributed by atoms with van der Waals surface area (Å²) in [6.07, 6.45) is 4.26. The molecule has 0 bridgehead atoms. The van der Waals surface area contributed by atoms with E-state index in [9.17, 15) is 14.7 Å². The molecule has 0 aliphatic carbocycles. The number of aliphatic hydroxyl groups is 1. The van der Waals surface area contributed by atoms with Crippen molar-refractivity contribution in [2.75, 3.05) is 13.7 Å². The average Bonchev–Trinajstić information content (AvgIpc) is 3.28. The quantitative estimate of drug-likeness (QED) is 0.507. The van der Waals surface area contributed by atoms with Crippen LogP contribution in [0.5, 0.6) is 0 Å². The molecule has 2 rings (SSSR count). The number of hydrogen-bond acceptors (Lipinski definition) is 4. The lowest BCUT2D eigenvalue weighted by Crippen LogP contribution is -2.51. The number of nitrogens with one attached hydrogen (secondary N) is 1. The van der Waals surface area contributed by atoms with Gasteiger partial charge in [0.1, 0.15) is 0 Å². The zero-order valence-corrected chi connectivity index (χ0v) is 20.4. The smallest absolute Gasteiger partial charge is 0.225 e. The van der Waals surface area contributed by atoms with E-state index in [4.69, 9.17) is 4.74 Å². The first-order valence-electron chi connectivity index (χ1n) is 12.2. The Balaban J connectivity index is 1.96. The van der Waals surface area contributed by atoms with Gasteiger partial charge in [0.2, 0.25) is 11.8 Å². The fourth-order valence-electron chi connectivity index (χ4n) is 4.61. The number of hydrogen-bond donors (Lipinski definition) is 2. The molecule has 0 radical (unpaired) electrons. The van der Waals surface area contributed by atoms with Crippen molar-refractivity contribution in [2.45, 2.75) is 90.5 Å². The molecule has 0 spiro atoms. The third-order valence-electron chi connectivity index (χ3n) is 6.95. The maximum atomic E-state index is 13.0. The maximum Gasteiger partial charge on any atom is 0.225 e. The number of aliphatic hydroxyl groups excluding tert-OH is 1. The molecule has 180 valence electrons. The molecule has 1 fully saturated rings. The number of methoxy groups -OCH3 is 1. The van der Waals surface area contributed by atoms with Gasteiger partial charge in [0.25, 0.3) is 0 Å². The van der Waals surface area contributed by atoms with Gasteiger partial charge in [0.05, 0.1) is 30.2 Å². The fraction of sp³-hybridized carbons (Fsp3) is 0.692.